The fourth-order valence-corrected chi connectivity index (χ4v) is 5.34. The highest BCUT2D eigenvalue weighted by Crippen LogP contribution is 2.30. The molecule has 1 atom stereocenters. The summed E-state index contributed by atoms with van der Waals surface area (Å²) in [6.45, 7) is 11.7. The topological polar surface area (TPSA) is 55.2 Å². The molecule has 1 fully saturated rings. The minimum absolute atomic E-state index is 0.0446. The minimum Gasteiger partial charge on any atom is -0.342 e. The lowest BCUT2D eigenvalue weighted by atomic mass is 10.1. The molecule has 2 aromatic rings. The first-order valence-electron chi connectivity index (χ1n) is 9.01. The maximum atomic E-state index is 13.0. The van der Waals surface area contributed by atoms with Gasteiger partial charge in [0.25, 0.3) is 5.56 Å². The quantitative estimate of drug-likeness (QED) is 0.442. The number of carbonyl (C=O) groups is 1. The van der Waals surface area contributed by atoms with Gasteiger partial charge >= 0.3 is 0 Å². The number of likely N-dealkylation sites (tertiary alicyclic amines) is 1. The van der Waals surface area contributed by atoms with Gasteiger partial charge in [-0.25, -0.2) is 4.98 Å². The first kappa shape index (κ1) is 19.2. The van der Waals surface area contributed by atoms with Gasteiger partial charge < -0.3 is 4.90 Å². The monoisotopic (exact) mass is 391 g/mol. The largest absolute Gasteiger partial charge is 0.342 e. The van der Waals surface area contributed by atoms with Gasteiger partial charge in [0.2, 0.25) is 5.91 Å². The maximum Gasteiger partial charge on any atom is 0.263 e. The maximum absolute atomic E-state index is 13.0. The van der Waals surface area contributed by atoms with Gasteiger partial charge in [0.1, 0.15) is 4.83 Å². The van der Waals surface area contributed by atoms with E-state index in [1.54, 1.807) is 10.6 Å². The predicted octanol–water partition coefficient (Wildman–Crippen LogP) is 3.75. The number of thioether (sulfide) groups is 1. The van der Waals surface area contributed by atoms with E-state index >= 15 is 0 Å². The molecule has 2 aromatic heterocycles. The van der Waals surface area contributed by atoms with Crippen LogP contribution in [0.3, 0.4) is 0 Å². The Labute approximate surface area is 162 Å². The van der Waals surface area contributed by atoms with Crippen molar-refractivity contribution >= 4 is 39.2 Å². The predicted molar refractivity (Wildman–Crippen MR) is 109 cm³/mol. The zero-order valence-electron chi connectivity index (χ0n) is 15.6. The number of hydrogen-bond acceptors (Lipinski definition) is 5. The molecule has 26 heavy (non-hydrogen) atoms. The smallest absolute Gasteiger partial charge is 0.263 e. The van der Waals surface area contributed by atoms with E-state index in [1.165, 1.54) is 29.5 Å². The SMILES string of the molecule is C=CCn1c(S[C@H](C)C(=O)N2CCCCC2)nc2sc(C)c(C)c2c1=O. The third-order valence-corrected chi connectivity index (χ3v) is 7.04. The first-order chi connectivity index (χ1) is 12.4. The number of hydrogen-bond donors (Lipinski definition) is 0. The van der Waals surface area contributed by atoms with Crippen molar-refractivity contribution in [1.29, 1.82) is 0 Å². The van der Waals surface area contributed by atoms with Crippen LogP contribution in [0.4, 0.5) is 0 Å². The molecule has 3 heterocycles. The summed E-state index contributed by atoms with van der Waals surface area (Å²) in [5.41, 5.74) is 0.950. The van der Waals surface area contributed by atoms with E-state index < -0.39 is 0 Å². The number of allylic oxidation sites excluding steroid dienone is 1. The highest BCUT2D eigenvalue weighted by molar-refractivity contribution is 8.00. The zero-order chi connectivity index (χ0) is 18.8. The lowest BCUT2D eigenvalue weighted by Crippen LogP contribution is -2.40. The van der Waals surface area contributed by atoms with Crippen LogP contribution in [0.5, 0.6) is 0 Å². The average Bonchev–Trinajstić information content (AvgIpc) is 2.92. The first-order valence-corrected chi connectivity index (χ1v) is 10.7. The van der Waals surface area contributed by atoms with Crippen LogP contribution in [0.2, 0.25) is 0 Å². The van der Waals surface area contributed by atoms with Crippen LogP contribution >= 0.6 is 23.1 Å². The molecule has 7 heteroatoms. The Kier molecular flexibility index (Phi) is 5.87. The van der Waals surface area contributed by atoms with Crippen LogP contribution in [0.25, 0.3) is 10.2 Å². The molecule has 3 rings (SSSR count). The van der Waals surface area contributed by atoms with Gasteiger partial charge in [-0.1, -0.05) is 17.8 Å². The third-order valence-electron chi connectivity index (χ3n) is 4.86. The van der Waals surface area contributed by atoms with Crippen LogP contribution in [0.15, 0.2) is 22.6 Å². The highest BCUT2D eigenvalue weighted by atomic mass is 32.2. The van der Waals surface area contributed by atoms with E-state index in [-0.39, 0.29) is 16.7 Å². The van der Waals surface area contributed by atoms with Crippen molar-refractivity contribution in [2.24, 2.45) is 0 Å². The van der Waals surface area contributed by atoms with Gasteiger partial charge in [-0.2, -0.15) is 0 Å². The normalized spacial score (nSPS) is 16.0. The second-order valence-corrected chi connectivity index (χ2v) is 9.22. The molecular weight excluding hydrogens is 366 g/mol. The van der Waals surface area contributed by atoms with E-state index in [9.17, 15) is 9.59 Å². The van der Waals surface area contributed by atoms with Gasteiger partial charge in [0.15, 0.2) is 5.16 Å². The van der Waals surface area contributed by atoms with Crippen molar-refractivity contribution in [3.63, 3.8) is 0 Å². The molecule has 0 radical (unpaired) electrons. The van der Waals surface area contributed by atoms with Gasteiger partial charge in [0.05, 0.1) is 10.6 Å². The molecule has 1 amide bonds. The molecule has 0 aliphatic carbocycles. The molecule has 0 spiro atoms. The average molecular weight is 392 g/mol. The fraction of sp³-hybridized carbons (Fsp3) is 0.526. The number of nitrogens with zero attached hydrogens (tertiary/aromatic N) is 3. The molecule has 0 unspecified atom stereocenters. The molecule has 0 N–H and O–H groups in total. The van der Waals surface area contributed by atoms with E-state index in [0.717, 1.165) is 41.2 Å². The molecule has 140 valence electrons. The number of piperidine rings is 1. The van der Waals surface area contributed by atoms with Crippen LogP contribution in [0.1, 0.15) is 36.6 Å². The summed E-state index contributed by atoms with van der Waals surface area (Å²) in [7, 11) is 0. The third kappa shape index (κ3) is 3.60. The summed E-state index contributed by atoms with van der Waals surface area (Å²) in [5.74, 6) is 0.132. The van der Waals surface area contributed by atoms with Crippen LogP contribution in [-0.2, 0) is 11.3 Å². The number of aryl methyl sites for hydroxylation is 2. The molecule has 1 aliphatic heterocycles. The van der Waals surface area contributed by atoms with Crippen LogP contribution in [0, 0.1) is 13.8 Å². The van der Waals surface area contributed by atoms with Gasteiger partial charge in [0, 0.05) is 24.5 Å². The van der Waals surface area contributed by atoms with Crippen LogP contribution in [-0.4, -0.2) is 38.7 Å². The van der Waals surface area contributed by atoms with E-state index in [1.807, 2.05) is 25.7 Å². The van der Waals surface area contributed by atoms with Gasteiger partial charge in [-0.3, -0.25) is 14.2 Å². The number of carbonyl (C=O) groups excluding carboxylic acids is 1. The molecular formula is C19H25N3O2S2. The molecule has 0 saturated carbocycles. The van der Waals surface area contributed by atoms with Gasteiger partial charge in [-0.05, 0) is 45.6 Å². The fourth-order valence-electron chi connectivity index (χ4n) is 3.27. The Bertz CT molecular complexity index is 894. The van der Waals surface area contributed by atoms with E-state index in [4.69, 9.17) is 4.98 Å². The van der Waals surface area contributed by atoms with Crippen LogP contribution < -0.4 is 5.56 Å². The van der Waals surface area contributed by atoms with Crippen molar-refractivity contribution in [1.82, 2.24) is 14.5 Å². The van der Waals surface area contributed by atoms with E-state index in [0.29, 0.717) is 17.1 Å². The zero-order valence-corrected chi connectivity index (χ0v) is 17.2. The number of aromatic nitrogens is 2. The summed E-state index contributed by atoms with van der Waals surface area (Å²) in [4.78, 5) is 34.3. The molecule has 1 aliphatic rings. The molecule has 1 saturated heterocycles. The number of rotatable bonds is 5. The standard InChI is InChI=1S/C19H25N3O2S2/c1-5-9-22-18(24)15-12(2)13(3)25-16(15)20-19(22)26-14(4)17(23)21-10-7-6-8-11-21/h5,14H,1,6-11H2,2-4H3/t14-/m1/s1. The van der Waals surface area contributed by atoms with Crippen molar-refractivity contribution in [2.75, 3.05) is 13.1 Å². The highest BCUT2D eigenvalue weighted by Gasteiger charge is 2.25. The lowest BCUT2D eigenvalue weighted by Gasteiger charge is -2.29. The molecule has 5 nitrogen and oxygen atoms in total. The van der Waals surface area contributed by atoms with Crippen molar-refractivity contribution in [3.05, 3.63) is 33.4 Å². The van der Waals surface area contributed by atoms with E-state index in [2.05, 4.69) is 6.58 Å². The summed E-state index contributed by atoms with van der Waals surface area (Å²) < 4.78 is 1.64. The second-order valence-electron chi connectivity index (χ2n) is 6.71. The summed E-state index contributed by atoms with van der Waals surface area (Å²) >= 11 is 2.91. The van der Waals surface area contributed by atoms with Crippen molar-refractivity contribution < 1.29 is 4.79 Å². The van der Waals surface area contributed by atoms with Crippen molar-refractivity contribution in [2.45, 2.75) is 57.0 Å². The lowest BCUT2D eigenvalue weighted by molar-refractivity contribution is -0.131. The number of thiophene rings is 1. The summed E-state index contributed by atoms with van der Waals surface area (Å²) in [5, 5.41) is 1.02. The van der Waals surface area contributed by atoms with Gasteiger partial charge in [-0.15, -0.1) is 17.9 Å². The number of amides is 1. The minimum atomic E-state index is -0.268. The molecule has 0 aromatic carbocycles. The summed E-state index contributed by atoms with van der Waals surface area (Å²) in [6, 6.07) is 0. The Morgan fingerprint density at radius 1 is 1.35 bits per heavy atom. The number of fused-ring (bicyclic) bond motifs is 1. The summed E-state index contributed by atoms with van der Waals surface area (Å²) in [6.07, 6.45) is 5.04. The molecule has 0 bridgehead atoms. The Hall–Kier alpha value is -1.60. The second kappa shape index (κ2) is 7.96. The van der Waals surface area contributed by atoms with Crippen molar-refractivity contribution in [3.8, 4) is 0 Å². The Morgan fingerprint density at radius 2 is 2.04 bits per heavy atom. The Balaban J connectivity index is 1.95. The Morgan fingerprint density at radius 3 is 2.69 bits per heavy atom.